The van der Waals surface area contributed by atoms with Crippen molar-refractivity contribution in [3.8, 4) is 23.5 Å². The van der Waals surface area contributed by atoms with Crippen LogP contribution < -0.4 is 20.5 Å². The average molecular weight is 462 g/mol. The van der Waals surface area contributed by atoms with Gasteiger partial charge in [-0.3, -0.25) is 14.6 Å². The van der Waals surface area contributed by atoms with E-state index in [4.69, 9.17) is 15.2 Å². The molecule has 3 atom stereocenters. The van der Waals surface area contributed by atoms with Gasteiger partial charge in [-0.25, -0.2) is 9.37 Å². The summed E-state index contributed by atoms with van der Waals surface area (Å²) in [6.07, 6.45) is 3.74. The molecule has 1 aromatic carbocycles. The maximum Gasteiger partial charge on any atom is 0.255 e. The van der Waals surface area contributed by atoms with Crippen molar-refractivity contribution in [2.45, 2.75) is 25.6 Å². The molecule has 3 heterocycles. The first-order valence-electron chi connectivity index (χ1n) is 10.7. The number of halogens is 1. The third-order valence-corrected chi connectivity index (χ3v) is 5.78. The first-order chi connectivity index (χ1) is 16.4. The number of nitrogens with two attached hydrogens (primary N) is 1. The Kier molecular flexibility index (Phi) is 6.59. The molecule has 0 saturated carbocycles. The fraction of sp³-hybridized carbons (Fsp3) is 0.280. The molecule has 0 aliphatic carbocycles. The minimum absolute atomic E-state index is 0.0351. The molecule has 1 aliphatic rings. The normalized spacial score (nSPS) is 19.3. The van der Waals surface area contributed by atoms with Crippen LogP contribution in [-0.4, -0.2) is 47.7 Å². The van der Waals surface area contributed by atoms with Crippen molar-refractivity contribution in [2.75, 3.05) is 13.7 Å². The lowest BCUT2D eigenvalue weighted by atomic mass is 9.97. The van der Waals surface area contributed by atoms with Crippen LogP contribution in [0.3, 0.4) is 0 Å². The minimum atomic E-state index is -1.56. The van der Waals surface area contributed by atoms with E-state index in [1.807, 2.05) is 13.0 Å². The fourth-order valence-corrected chi connectivity index (χ4v) is 3.99. The van der Waals surface area contributed by atoms with Gasteiger partial charge in [0, 0.05) is 40.8 Å². The van der Waals surface area contributed by atoms with Gasteiger partial charge in [0.15, 0.2) is 6.17 Å². The molecule has 4 rings (SSSR count). The number of primary amides is 1. The number of aromatic nitrogens is 2. The largest absolute Gasteiger partial charge is 0.496 e. The number of fused-ring (bicyclic) bond motifs is 1. The molecule has 0 radical (unpaired) electrons. The molecule has 1 saturated heterocycles. The third kappa shape index (κ3) is 4.48. The molecule has 3 N–H and O–H groups in total. The number of pyridine rings is 2. The Morgan fingerprint density at radius 1 is 1.26 bits per heavy atom. The van der Waals surface area contributed by atoms with Crippen LogP contribution in [0.2, 0.25) is 0 Å². The van der Waals surface area contributed by atoms with E-state index in [-0.39, 0.29) is 23.8 Å². The summed E-state index contributed by atoms with van der Waals surface area (Å²) in [5.41, 5.74) is 6.99. The molecular formula is C25H23FN4O4. The molecule has 1 fully saturated rings. The predicted octanol–water partition coefficient (Wildman–Crippen LogP) is 2.38. The molecule has 2 aromatic heterocycles. The van der Waals surface area contributed by atoms with E-state index in [2.05, 4.69) is 27.1 Å². The summed E-state index contributed by atoms with van der Waals surface area (Å²) in [5, 5.41) is 3.76. The number of amides is 2. The number of alkyl halides is 1. The number of carbonyl (C=O) groups is 2. The smallest absolute Gasteiger partial charge is 0.255 e. The first kappa shape index (κ1) is 23.0. The molecule has 0 unspecified atom stereocenters. The zero-order chi connectivity index (χ0) is 24.2. The van der Waals surface area contributed by atoms with Crippen LogP contribution in [-0.2, 0) is 4.79 Å². The van der Waals surface area contributed by atoms with E-state index in [1.54, 1.807) is 30.6 Å². The first-order valence-corrected chi connectivity index (χ1v) is 10.7. The van der Waals surface area contributed by atoms with Gasteiger partial charge in [-0.15, -0.1) is 0 Å². The molecule has 174 valence electrons. The molecule has 0 bridgehead atoms. The van der Waals surface area contributed by atoms with Crippen LogP contribution in [0.25, 0.3) is 10.8 Å². The van der Waals surface area contributed by atoms with Crippen LogP contribution >= 0.6 is 0 Å². The van der Waals surface area contributed by atoms with Gasteiger partial charge in [-0.05, 0) is 30.7 Å². The molecule has 1 aliphatic heterocycles. The quantitative estimate of drug-likeness (QED) is 0.544. The molecule has 3 aromatic rings. The number of carbonyl (C=O) groups excluding carboxylic acids is 2. The highest BCUT2D eigenvalue weighted by molar-refractivity contribution is 6.03. The molecule has 8 nitrogen and oxygen atoms in total. The van der Waals surface area contributed by atoms with Crippen molar-refractivity contribution < 1.29 is 23.5 Å². The van der Waals surface area contributed by atoms with Gasteiger partial charge in [0.25, 0.3) is 11.8 Å². The number of nitrogens with one attached hydrogen (secondary N) is 1. The molecule has 0 spiro atoms. The number of ether oxygens (including phenoxy) is 2. The van der Waals surface area contributed by atoms with Gasteiger partial charge in [0.05, 0.1) is 24.3 Å². The minimum Gasteiger partial charge on any atom is -0.496 e. The van der Waals surface area contributed by atoms with Crippen molar-refractivity contribution in [1.29, 1.82) is 0 Å². The van der Waals surface area contributed by atoms with Crippen molar-refractivity contribution in [3.63, 3.8) is 0 Å². The summed E-state index contributed by atoms with van der Waals surface area (Å²) >= 11 is 0. The number of rotatable bonds is 6. The van der Waals surface area contributed by atoms with E-state index >= 15 is 0 Å². The zero-order valence-electron chi connectivity index (χ0n) is 18.7. The number of nitrogens with zero attached hydrogens (tertiary/aromatic N) is 2. The summed E-state index contributed by atoms with van der Waals surface area (Å²) < 4.78 is 25.4. The highest BCUT2D eigenvalue weighted by Crippen LogP contribution is 2.33. The Hall–Kier alpha value is -4.19. The molecule has 34 heavy (non-hydrogen) atoms. The Balaban J connectivity index is 1.75. The lowest BCUT2D eigenvalue weighted by Gasteiger charge is -2.19. The van der Waals surface area contributed by atoms with Gasteiger partial charge in [0.2, 0.25) is 5.88 Å². The van der Waals surface area contributed by atoms with Gasteiger partial charge in [-0.1, -0.05) is 18.8 Å². The average Bonchev–Trinajstić information content (AvgIpc) is 3.13. The van der Waals surface area contributed by atoms with Gasteiger partial charge < -0.3 is 20.5 Å². The standard InChI is InChI=1S/C25H23FN4O4/c1-3-16-20(30-24(32)22(16)26)13-34-25-18-10-21(33-2)19(23(27)31)9-17(18)15(12-29-25)7-6-14-5-4-8-28-11-14/h4-5,8-12,16,20,22H,3,13H2,1-2H3,(H2,27,31)(H,30,32)/t16-,20+,22-/m0/s1. The lowest BCUT2D eigenvalue weighted by Crippen LogP contribution is -2.34. The Bertz CT molecular complexity index is 1300. The molecular weight excluding hydrogens is 439 g/mol. The predicted molar refractivity (Wildman–Crippen MR) is 123 cm³/mol. The van der Waals surface area contributed by atoms with Crippen LogP contribution in [0.4, 0.5) is 4.39 Å². The monoisotopic (exact) mass is 462 g/mol. The topological polar surface area (TPSA) is 116 Å². The second kappa shape index (κ2) is 9.75. The van der Waals surface area contributed by atoms with Crippen molar-refractivity contribution in [1.82, 2.24) is 15.3 Å². The number of methoxy groups -OCH3 is 1. The number of hydrogen-bond acceptors (Lipinski definition) is 6. The summed E-state index contributed by atoms with van der Waals surface area (Å²) in [6, 6.07) is 6.31. The van der Waals surface area contributed by atoms with E-state index < -0.39 is 29.9 Å². The highest BCUT2D eigenvalue weighted by Gasteiger charge is 2.41. The molecule has 2 amide bonds. The van der Waals surface area contributed by atoms with E-state index in [9.17, 15) is 14.0 Å². The Labute approximate surface area is 195 Å². The zero-order valence-corrected chi connectivity index (χ0v) is 18.7. The number of benzene rings is 1. The van der Waals surface area contributed by atoms with Crippen molar-refractivity contribution in [3.05, 3.63) is 59.5 Å². The summed E-state index contributed by atoms with van der Waals surface area (Å²) in [4.78, 5) is 32.2. The summed E-state index contributed by atoms with van der Waals surface area (Å²) in [6.45, 7) is 1.86. The summed E-state index contributed by atoms with van der Waals surface area (Å²) in [7, 11) is 1.43. The van der Waals surface area contributed by atoms with Crippen LogP contribution in [0.15, 0.2) is 42.9 Å². The van der Waals surface area contributed by atoms with Gasteiger partial charge >= 0.3 is 0 Å². The van der Waals surface area contributed by atoms with Crippen LogP contribution in [0.1, 0.15) is 34.8 Å². The maximum atomic E-state index is 14.1. The highest BCUT2D eigenvalue weighted by atomic mass is 19.1. The van der Waals surface area contributed by atoms with Crippen LogP contribution in [0.5, 0.6) is 11.6 Å². The van der Waals surface area contributed by atoms with Crippen LogP contribution in [0, 0.1) is 17.8 Å². The van der Waals surface area contributed by atoms with Gasteiger partial charge in [-0.2, -0.15) is 0 Å². The second-order valence-electron chi connectivity index (χ2n) is 7.83. The summed E-state index contributed by atoms with van der Waals surface area (Å²) in [5.74, 6) is 4.79. The van der Waals surface area contributed by atoms with Crippen molar-refractivity contribution in [2.24, 2.45) is 11.7 Å². The van der Waals surface area contributed by atoms with Crippen molar-refractivity contribution >= 4 is 22.6 Å². The molecule has 9 heteroatoms. The maximum absolute atomic E-state index is 14.1. The van der Waals surface area contributed by atoms with E-state index in [1.165, 1.54) is 13.3 Å². The van der Waals surface area contributed by atoms with E-state index in [0.29, 0.717) is 28.3 Å². The Morgan fingerprint density at radius 3 is 2.76 bits per heavy atom. The van der Waals surface area contributed by atoms with Gasteiger partial charge in [0.1, 0.15) is 12.4 Å². The fourth-order valence-electron chi connectivity index (χ4n) is 3.99. The number of hydrogen-bond donors (Lipinski definition) is 2. The van der Waals surface area contributed by atoms with E-state index in [0.717, 1.165) is 0 Å². The lowest BCUT2D eigenvalue weighted by molar-refractivity contribution is -0.123. The SMILES string of the molecule is CC[C@@H]1[C@H](F)C(=O)N[C@@H]1COc1ncc(C#Cc2cccnc2)c2cc(C(N)=O)c(OC)cc12. The Morgan fingerprint density at radius 2 is 2.09 bits per heavy atom. The third-order valence-electron chi connectivity index (χ3n) is 5.78. The second-order valence-corrected chi connectivity index (χ2v) is 7.83.